The molecule has 9 nitrogen and oxygen atoms in total. The number of fused-ring (bicyclic) bond motifs is 3. The largest absolute Gasteiger partial charge is 0.477 e. The van der Waals surface area contributed by atoms with E-state index in [-0.39, 0.29) is 5.97 Å². The summed E-state index contributed by atoms with van der Waals surface area (Å²) in [5.41, 5.74) is 5.05. The smallest absolute Gasteiger partial charge is 0.337 e. The number of hydrogen-bond donors (Lipinski definition) is 1. The summed E-state index contributed by atoms with van der Waals surface area (Å²) in [6.45, 7) is 7.98. The molecule has 0 saturated carbocycles. The Hall–Kier alpha value is -4.15. The van der Waals surface area contributed by atoms with E-state index in [0.29, 0.717) is 29.8 Å². The van der Waals surface area contributed by atoms with Gasteiger partial charge in [-0.2, -0.15) is 4.98 Å². The third-order valence-electron chi connectivity index (χ3n) is 6.76. The maximum absolute atomic E-state index is 11.9. The Morgan fingerprint density at radius 3 is 2.51 bits per heavy atom. The van der Waals surface area contributed by atoms with Gasteiger partial charge in [0, 0.05) is 31.7 Å². The molecular formula is C29H28N6O3S. The van der Waals surface area contributed by atoms with Crippen LogP contribution in [0.5, 0.6) is 5.88 Å². The lowest BCUT2D eigenvalue weighted by Crippen LogP contribution is -2.44. The molecule has 2 aromatic carbocycles. The number of benzene rings is 2. The van der Waals surface area contributed by atoms with Crippen molar-refractivity contribution >= 4 is 43.7 Å². The fourth-order valence-corrected chi connectivity index (χ4v) is 5.90. The second-order valence-electron chi connectivity index (χ2n) is 9.24. The summed E-state index contributed by atoms with van der Waals surface area (Å²) >= 11 is 1.54. The summed E-state index contributed by atoms with van der Waals surface area (Å²) in [4.78, 5) is 34.5. The number of anilines is 1. The molecule has 198 valence electrons. The van der Waals surface area contributed by atoms with Gasteiger partial charge in [-0.05, 0) is 37.1 Å². The van der Waals surface area contributed by atoms with Crippen LogP contribution in [0.2, 0.25) is 0 Å². The second kappa shape index (κ2) is 10.5. The van der Waals surface area contributed by atoms with E-state index in [9.17, 15) is 4.79 Å². The zero-order chi connectivity index (χ0) is 26.9. The minimum absolute atomic E-state index is 0.355. The van der Waals surface area contributed by atoms with Crippen LogP contribution < -0.4 is 15.0 Å². The normalized spacial score (nSPS) is 13.7. The van der Waals surface area contributed by atoms with Crippen molar-refractivity contribution in [2.75, 3.05) is 44.8 Å². The molecule has 4 heterocycles. The highest BCUT2D eigenvalue weighted by molar-refractivity contribution is 7.25. The second-order valence-corrected chi connectivity index (χ2v) is 10.2. The molecule has 0 spiro atoms. The molecule has 10 heteroatoms. The molecule has 0 amide bonds. The number of nitrogens with zero attached hydrogens (tertiary/aromatic N) is 5. The minimum Gasteiger partial charge on any atom is -0.477 e. The van der Waals surface area contributed by atoms with Crippen LogP contribution in [0.25, 0.3) is 42.9 Å². The molecule has 1 saturated heterocycles. The number of aromatic nitrogens is 4. The van der Waals surface area contributed by atoms with Crippen molar-refractivity contribution in [3.05, 3.63) is 59.8 Å². The molecule has 39 heavy (non-hydrogen) atoms. The Morgan fingerprint density at radius 1 is 1.00 bits per heavy atom. The lowest BCUT2D eigenvalue weighted by atomic mass is 10.0. The number of ether oxygens (including phenoxy) is 2. The first-order chi connectivity index (χ1) is 19.1. The van der Waals surface area contributed by atoms with Crippen LogP contribution >= 0.6 is 11.3 Å². The van der Waals surface area contributed by atoms with E-state index in [4.69, 9.17) is 29.4 Å². The van der Waals surface area contributed by atoms with E-state index in [1.165, 1.54) is 18.4 Å². The number of thiophene rings is 1. The van der Waals surface area contributed by atoms with Crippen LogP contribution in [0.4, 0.5) is 5.95 Å². The first-order valence-corrected chi connectivity index (χ1v) is 13.7. The Kier molecular flexibility index (Phi) is 6.80. The van der Waals surface area contributed by atoms with E-state index < -0.39 is 0 Å². The lowest BCUT2D eigenvalue weighted by Gasteiger charge is -2.27. The Labute approximate surface area is 229 Å². The van der Waals surface area contributed by atoms with Gasteiger partial charge in [-0.1, -0.05) is 36.4 Å². The third-order valence-corrected chi connectivity index (χ3v) is 7.82. The van der Waals surface area contributed by atoms with Crippen LogP contribution in [-0.4, -0.2) is 65.8 Å². The van der Waals surface area contributed by atoms with Gasteiger partial charge in [0.05, 0.1) is 30.4 Å². The number of carbonyl (C=O) groups excluding carboxylic acids is 1. The SMILES string of the molecule is CCOc1nc(N2CCNCC2)nc2c1sc1nc(-c3ccc(-c4cccc(C(=O)OC)c4)cc3)nc(C)c12. The first-order valence-electron chi connectivity index (χ1n) is 12.9. The molecule has 0 unspecified atom stereocenters. The highest BCUT2D eigenvalue weighted by Gasteiger charge is 2.22. The lowest BCUT2D eigenvalue weighted by molar-refractivity contribution is 0.0601. The summed E-state index contributed by atoms with van der Waals surface area (Å²) in [7, 11) is 1.38. The van der Waals surface area contributed by atoms with Gasteiger partial charge < -0.3 is 19.7 Å². The number of carbonyl (C=O) groups is 1. The zero-order valence-electron chi connectivity index (χ0n) is 22.0. The summed E-state index contributed by atoms with van der Waals surface area (Å²) in [5.74, 6) is 1.57. The molecule has 6 rings (SSSR count). The summed E-state index contributed by atoms with van der Waals surface area (Å²) < 4.78 is 11.7. The Balaban J connectivity index is 1.39. The van der Waals surface area contributed by atoms with Gasteiger partial charge >= 0.3 is 5.97 Å². The summed E-state index contributed by atoms with van der Waals surface area (Å²) in [6, 6.07) is 15.4. The quantitative estimate of drug-likeness (QED) is 0.302. The van der Waals surface area contributed by atoms with E-state index in [0.717, 1.165) is 69.0 Å². The van der Waals surface area contributed by atoms with Crippen molar-refractivity contribution in [2.45, 2.75) is 13.8 Å². The summed E-state index contributed by atoms with van der Waals surface area (Å²) in [5, 5.41) is 4.31. The summed E-state index contributed by atoms with van der Waals surface area (Å²) in [6.07, 6.45) is 0. The van der Waals surface area contributed by atoms with Gasteiger partial charge in [0.15, 0.2) is 5.82 Å². The number of piperazine rings is 1. The number of rotatable bonds is 6. The Morgan fingerprint density at radius 2 is 1.77 bits per heavy atom. The fraction of sp³-hybridized carbons (Fsp3) is 0.276. The van der Waals surface area contributed by atoms with Gasteiger partial charge in [0.25, 0.3) is 0 Å². The van der Waals surface area contributed by atoms with Crippen molar-refractivity contribution in [1.29, 1.82) is 0 Å². The van der Waals surface area contributed by atoms with Gasteiger partial charge in [-0.3, -0.25) is 0 Å². The number of hydrogen-bond acceptors (Lipinski definition) is 10. The highest BCUT2D eigenvalue weighted by atomic mass is 32.1. The molecule has 1 aliphatic rings. The van der Waals surface area contributed by atoms with Crippen LogP contribution in [0, 0.1) is 6.92 Å². The van der Waals surface area contributed by atoms with Gasteiger partial charge in [-0.15, -0.1) is 11.3 Å². The van der Waals surface area contributed by atoms with E-state index in [2.05, 4.69) is 10.2 Å². The predicted octanol–water partition coefficient (Wildman–Crippen LogP) is 4.87. The van der Waals surface area contributed by atoms with Crippen molar-refractivity contribution in [3.8, 4) is 28.4 Å². The fourth-order valence-electron chi connectivity index (χ4n) is 4.80. The van der Waals surface area contributed by atoms with Crippen molar-refractivity contribution in [2.24, 2.45) is 0 Å². The van der Waals surface area contributed by atoms with Crippen LogP contribution in [0.15, 0.2) is 48.5 Å². The molecule has 0 radical (unpaired) electrons. The van der Waals surface area contributed by atoms with E-state index in [1.54, 1.807) is 6.07 Å². The van der Waals surface area contributed by atoms with Gasteiger partial charge in [-0.25, -0.2) is 19.7 Å². The average molecular weight is 541 g/mol. The predicted molar refractivity (Wildman–Crippen MR) is 154 cm³/mol. The molecule has 0 atom stereocenters. The van der Waals surface area contributed by atoms with Crippen LogP contribution in [0.3, 0.4) is 0 Å². The van der Waals surface area contributed by atoms with Crippen molar-refractivity contribution < 1.29 is 14.3 Å². The van der Waals surface area contributed by atoms with Crippen LogP contribution in [-0.2, 0) is 4.74 Å². The van der Waals surface area contributed by atoms with Gasteiger partial charge in [0.1, 0.15) is 15.0 Å². The van der Waals surface area contributed by atoms with Gasteiger partial charge in [0.2, 0.25) is 11.8 Å². The Bertz CT molecular complexity index is 1680. The maximum Gasteiger partial charge on any atom is 0.337 e. The monoisotopic (exact) mass is 540 g/mol. The highest BCUT2D eigenvalue weighted by Crippen LogP contribution is 2.39. The molecule has 3 aromatic heterocycles. The molecule has 1 N–H and O–H groups in total. The molecule has 0 aliphatic carbocycles. The topological polar surface area (TPSA) is 102 Å². The zero-order valence-corrected chi connectivity index (χ0v) is 22.8. The first kappa shape index (κ1) is 25.1. The van der Waals surface area contributed by atoms with E-state index >= 15 is 0 Å². The van der Waals surface area contributed by atoms with Crippen molar-refractivity contribution in [1.82, 2.24) is 25.3 Å². The molecule has 5 aromatic rings. The van der Waals surface area contributed by atoms with Crippen molar-refractivity contribution in [3.63, 3.8) is 0 Å². The molecule has 1 fully saturated rings. The van der Waals surface area contributed by atoms with Crippen LogP contribution in [0.1, 0.15) is 23.0 Å². The number of nitrogens with one attached hydrogen (secondary N) is 1. The standard InChI is InChI=1S/C29H28N6O3S/c1-4-38-26-24-23(32-29(34-26)35-14-12-30-13-15-35)22-17(2)31-25(33-27(22)39-24)19-10-8-18(9-11-19)20-6-5-7-21(16-20)28(36)37-3/h5-11,16,30H,4,12-15H2,1-3H3. The number of methoxy groups -OCH3 is 1. The molecule has 0 bridgehead atoms. The average Bonchev–Trinajstić information content (AvgIpc) is 3.37. The third kappa shape index (κ3) is 4.77. The molecule has 1 aliphatic heterocycles. The maximum atomic E-state index is 11.9. The minimum atomic E-state index is -0.355. The molecular weight excluding hydrogens is 512 g/mol. The number of aryl methyl sites for hydroxylation is 1. The van der Waals surface area contributed by atoms with E-state index in [1.807, 2.05) is 56.3 Å². The number of esters is 1.